The fourth-order valence-corrected chi connectivity index (χ4v) is 4.21. The Hall–Kier alpha value is -3.55. The lowest BCUT2D eigenvalue weighted by Gasteiger charge is -2.40. The summed E-state index contributed by atoms with van der Waals surface area (Å²) in [5, 5.41) is 7.92. The van der Waals surface area contributed by atoms with Gasteiger partial charge in [0.05, 0.1) is 16.6 Å². The highest BCUT2D eigenvalue weighted by Gasteiger charge is 2.31. The number of hydrogen-bond acceptors (Lipinski definition) is 4. The van der Waals surface area contributed by atoms with Gasteiger partial charge in [0.25, 0.3) is 11.5 Å². The fraction of sp³-hybridized carbons (Fsp3) is 0.333. The van der Waals surface area contributed by atoms with Crippen LogP contribution >= 0.6 is 0 Å². The molecule has 1 aromatic heterocycles. The lowest BCUT2D eigenvalue weighted by atomic mass is 10.0. The number of piperazine rings is 1. The molecular weight excluding hydrogens is 411 g/mol. The van der Waals surface area contributed by atoms with Crippen LogP contribution in [0.1, 0.15) is 41.9 Å². The van der Waals surface area contributed by atoms with Crippen LogP contribution < -0.4 is 5.56 Å². The van der Waals surface area contributed by atoms with Crippen molar-refractivity contribution in [2.75, 3.05) is 19.6 Å². The largest absolute Gasteiger partial charge is 0.339 e. The maximum atomic E-state index is 14.6. The summed E-state index contributed by atoms with van der Waals surface area (Å²) in [4.78, 5) is 40.5. The van der Waals surface area contributed by atoms with Crippen molar-refractivity contribution in [2.45, 2.75) is 32.7 Å². The van der Waals surface area contributed by atoms with Crippen LogP contribution in [-0.2, 0) is 11.2 Å². The average molecular weight is 436 g/mol. The van der Waals surface area contributed by atoms with Crippen LogP contribution in [0.2, 0.25) is 0 Å². The van der Waals surface area contributed by atoms with E-state index in [0.29, 0.717) is 49.1 Å². The summed E-state index contributed by atoms with van der Waals surface area (Å²) >= 11 is 0. The van der Waals surface area contributed by atoms with Crippen LogP contribution in [0.3, 0.4) is 0 Å². The Morgan fingerprint density at radius 2 is 1.91 bits per heavy atom. The average Bonchev–Trinajstić information content (AvgIpc) is 2.81. The third-order valence-electron chi connectivity index (χ3n) is 5.95. The third-order valence-corrected chi connectivity index (χ3v) is 5.95. The van der Waals surface area contributed by atoms with E-state index in [1.165, 1.54) is 6.07 Å². The van der Waals surface area contributed by atoms with Crippen LogP contribution in [0.4, 0.5) is 4.39 Å². The molecule has 3 aromatic rings. The zero-order valence-corrected chi connectivity index (χ0v) is 18.1. The van der Waals surface area contributed by atoms with E-state index in [4.69, 9.17) is 0 Å². The molecule has 4 rings (SSSR count). The van der Waals surface area contributed by atoms with E-state index in [0.717, 1.165) is 5.39 Å². The van der Waals surface area contributed by atoms with Gasteiger partial charge in [-0.25, -0.2) is 9.49 Å². The monoisotopic (exact) mass is 436 g/mol. The van der Waals surface area contributed by atoms with Crippen molar-refractivity contribution in [2.24, 2.45) is 0 Å². The summed E-state index contributed by atoms with van der Waals surface area (Å²) in [5.41, 5.74) is 1.09. The number of amides is 2. The molecule has 32 heavy (non-hydrogen) atoms. The number of hydrogen-bond donors (Lipinski definition) is 1. The number of aromatic amines is 1. The number of aromatic nitrogens is 2. The molecule has 2 heterocycles. The molecule has 0 saturated carbocycles. The fourth-order valence-electron chi connectivity index (χ4n) is 4.21. The van der Waals surface area contributed by atoms with Gasteiger partial charge >= 0.3 is 0 Å². The second-order valence-electron chi connectivity index (χ2n) is 8.08. The topological polar surface area (TPSA) is 86.4 Å². The van der Waals surface area contributed by atoms with Crippen LogP contribution in [0.15, 0.2) is 47.3 Å². The molecule has 7 nitrogen and oxygen atoms in total. The molecule has 2 amide bonds. The first-order valence-corrected chi connectivity index (χ1v) is 10.7. The van der Waals surface area contributed by atoms with Gasteiger partial charge in [-0.15, -0.1) is 0 Å². The zero-order chi connectivity index (χ0) is 22.8. The lowest BCUT2D eigenvalue weighted by Crippen LogP contribution is -2.55. The van der Waals surface area contributed by atoms with Gasteiger partial charge in [0.2, 0.25) is 5.91 Å². The molecule has 1 aliphatic rings. The molecule has 1 fully saturated rings. The van der Waals surface area contributed by atoms with Crippen LogP contribution in [-0.4, -0.2) is 57.5 Å². The number of fused-ring (bicyclic) bond motifs is 1. The number of nitrogens with zero attached hydrogens (tertiary/aromatic N) is 3. The second kappa shape index (κ2) is 8.90. The molecule has 1 N–H and O–H groups in total. The molecule has 166 valence electrons. The van der Waals surface area contributed by atoms with Crippen molar-refractivity contribution < 1.29 is 14.0 Å². The van der Waals surface area contributed by atoms with Crippen molar-refractivity contribution >= 4 is 22.6 Å². The number of carbonyl (C=O) groups is 2. The predicted octanol–water partition coefficient (Wildman–Crippen LogP) is 2.74. The van der Waals surface area contributed by atoms with Gasteiger partial charge in [-0.3, -0.25) is 14.4 Å². The summed E-state index contributed by atoms with van der Waals surface area (Å²) in [6.07, 6.45) is 0.761. The van der Waals surface area contributed by atoms with Gasteiger partial charge in [-0.2, -0.15) is 5.10 Å². The summed E-state index contributed by atoms with van der Waals surface area (Å²) in [5.74, 6) is -0.921. The Kier molecular flexibility index (Phi) is 6.03. The highest BCUT2D eigenvalue weighted by Crippen LogP contribution is 2.21. The molecule has 0 bridgehead atoms. The number of nitrogens with one attached hydrogen (secondary N) is 1. The first-order chi connectivity index (χ1) is 15.4. The van der Waals surface area contributed by atoms with E-state index in [1.54, 1.807) is 34.1 Å². The highest BCUT2D eigenvalue weighted by atomic mass is 19.1. The Balaban J connectivity index is 1.59. The quantitative estimate of drug-likeness (QED) is 0.681. The molecular formula is C24H25FN4O3. The second-order valence-corrected chi connectivity index (χ2v) is 8.08. The van der Waals surface area contributed by atoms with Crippen LogP contribution in [0, 0.1) is 5.82 Å². The molecule has 2 aromatic carbocycles. The van der Waals surface area contributed by atoms with Crippen LogP contribution in [0.5, 0.6) is 0 Å². The number of halogens is 1. The minimum atomic E-state index is -0.586. The normalized spacial score (nSPS) is 16.4. The highest BCUT2D eigenvalue weighted by molar-refractivity contribution is 5.95. The van der Waals surface area contributed by atoms with Crippen molar-refractivity contribution in [1.29, 1.82) is 0 Å². The Morgan fingerprint density at radius 3 is 2.62 bits per heavy atom. The van der Waals surface area contributed by atoms with Crippen molar-refractivity contribution in [3.05, 3.63) is 75.5 Å². The van der Waals surface area contributed by atoms with Gasteiger partial charge in [0.1, 0.15) is 5.82 Å². The molecule has 0 aliphatic carbocycles. The summed E-state index contributed by atoms with van der Waals surface area (Å²) in [7, 11) is 0. The summed E-state index contributed by atoms with van der Waals surface area (Å²) in [6.45, 7) is 4.92. The van der Waals surface area contributed by atoms with Gasteiger partial charge in [0.15, 0.2) is 0 Å². The molecule has 0 radical (unpaired) electrons. The Labute approximate surface area is 184 Å². The van der Waals surface area contributed by atoms with E-state index in [2.05, 4.69) is 10.2 Å². The van der Waals surface area contributed by atoms with E-state index >= 15 is 0 Å². The Bertz CT molecular complexity index is 1240. The van der Waals surface area contributed by atoms with E-state index in [-0.39, 0.29) is 29.0 Å². The number of rotatable bonds is 4. The van der Waals surface area contributed by atoms with Gasteiger partial charge in [-0.1, -0.05) is 31.2 Å². The van der Waals surface area contributed by atoms with E-state index < -0.39 is 5.82 Å². The lowest BCUT2D eigenvalue weighted by molar-refractivity contribution is -0.133. The number of H-pyrrole nitrogens is 1. The van der Waals surface area contributed by atoms with Crippen molar-refractivity contribution in [3.8, 4) is 0 Å². The van der Waals surface area contributed by atoms with Crippen molar-refractivity contribution in [1.82, 2.24) is 20.0 Å². The maximum Gasteiger partial charge on any atom is 0.272 e. The molecule has 1 atom stereocenters. The molecule has 8 heteroatoms. The summed E-state index contributed by atoms with van der Waals surface area (Å²) < 4.78 is 14.6. The van der Waals surface area contributed by atoms with Crippen molar-refractivity contribution in [3.63, 3.8) is 0 Å². The Morgan fingerprint density at radius 1 is 1.16 bits per heavy atom. The number of benzene rings is 2. The molecule has 0 unspecified atom stereocenters. The van der Waals surface area contributed by atoms with Gasteiger partial charge in [-0.05, 0) is 30.7 Å². The molecule has 1 saturated heterocycles. The summed E-state index contributed by atoms with van der Waals surface area (Å²) in [6, 6.07) is 11.4. The predicted molar refractivity (Wildman–Crippen MR) is 119 cm³/mol. The van der Waals surface area contributed by atoms with E-state index in [9.17, 15) is 18.8 Å². The zero-order valence-electron chi connectivity index (χ0n) is 18.1. The SMILES string of the molecule is CCC(=O)N1CCN(C(=O)c2cc(Cc3n[nH]c(=O)c4ccccc34)ccc2F)[C@@H](C)C1. The van der Waals surface area contributed by atoms with Crippen LogP contribution in [0.25, 0.3) is 10.8 Å². The smallest absolute Gasteiger partial charge is 0.272 e. The first-order valence-electron chi connectivity index (χ1n) is 10.7. The van der Waals surface area contributed by atoms with E-state index in [1.807, 2.05) is 26.0 Å². The molecule has 1 aliphatic heterocycles. The standard InChI is InChI=1S/C24H25FN4O3/c1-3-22(30)28-10-11-29(15(2)14-28)24(32)19-12-16(8-9-20(19)25)13-21-17-6-4-5-7-18(17)23(31)27-26-21/h4-9,12,15H,3,10-11,13-14H2,1-2H3,(H,27,31)/t15-/m0/s1. The first kappa shape index (κ1) is 21.7. The van der Waals surface area contributed by atoms with Gasteiger partial charge in [0, 0.05) is 43.9 Å². The molecule has 0 spiro atoms. The minimum Gasteiger partial charge on any atom is -0.339 e. The minimum absolute atomic E-state index is 0.00153. The number of carbonyl (C=O) groups excluding carboxylic acids is 2. The maximum absolute atomic E-state index is 14.6. The third kappa shape index (κ3) is 4.12. The van der Waals surface area contributed by atoms with Gasteiger partial charge < -0.3 is 9.80 Å².